The third-order valence-corrected chi connectivity index (χ3v) is 1.52. The Kier molecular flexibility index (Phi) is 1.85. The molecule has 0 aliphatic rings. The van der Waals surface area contributed by atoms with E-state index in [-0.39, 0.29) is 0 Å². The van der Waals surface area contributed by atoms with Crippen molar-refractivity contribution in [2.75, 3.05) is 7.05 Å². The Bertz CT molecular complexity index is 247. The first kappa shape index (κ1) is 6.99. The zero-order chi connectivity index (χ0) is 7.56. The second-order valence-corrected chi connectivity index (χ2v) is 2.20. The van der Waals surface area contributed by atoms with Gasteiger partial charge in [-0.05, 0) is 6.92 Å². The zero-order valence-electron chi connectivity index (χ0n) is 6.50. The lowest BCUT2D eigenvalue weighted by Crippen LogP contribution is -2.01. The molecule has 0 aromatic carbocycles. The molecule has 3 nitrogen and oxygen atoms in total. The number of aryl methyl sites for hydroxylation is 1. The molecule has 0 atom stereocenters. The highest BCUT2D eigenvalue weighted by molar-refractivity contribution is 5.96. The quantitative estimate of drug-likeness (QED) is 0.528. The summed E-state index contributed by atoms with van der Waals surface area (Å²) in [7, 11) is 3.74. The second-order valence-electron chi connectivity index (χ2n) is 2.20. The van der Waals surface area contributed by atoms with E-state index in [0.29, 0.717) is 0 Å². The Labute approximate surface area is 60.4 Å². The first-order valence-corrected chi connectivity index (χ1v) is 3.15. The number of rotatable bonds is 1. The minimum absolute atomic E-state index is 1.01. The van der Waals surface area contributed by atoms with Crippen molar-refractivity contribution >= 4 is 5.71 Å². The van der Waals surface area contributed by atoms with E-state index in [1.54, 1.807) is 13.4 Å². The highest BCUT2D eigenvalue weighted by Crippen LogP contribution is 1.97. The molecular weight excluding hydrogens is 126 g/mol. The molecule has 1 aromatic rings. The molecule has 0 radical (unpaired) electrons. The van der Waals surface area contributed by atoms with Crippen molar-refractivity contribution in [1.82, 2.24) is 9.55 Å². The maximum absolute atomic E-state index is 4.05. The van der Waals surface area contributed by atoms with Crippen LogP contribution in [0, 0.1) is 0 Å². The second kappa shape index (κ2) is 2.64. The van der Waals surface area contributed by atoms with E-state index in [1.807, 2.05) is 24.7 Å². The summed E-state index contributed by atoms with van der Waals surface area (Å²) in [5, 5.41) is 0. The lowest BCUT2D eigenvalue weighted by atomic mass is 10.3. The van der Waals surface area contributed by atoms with E-state index in [1.165, 1.54) is 0 Å². The van der Waals surface area contributed by atoms with Crippen LogP contribution in [0.3, 0.4) is 0 Å². The molecular formula is C7H11N3. The normalized spacial score (nSPS) is 12.1. The van der Waals surface area contributed by atoms with E-state index < -0.39 is 0 Å². The predicted octanol–water partition coefficient (Wildman–Crippen LogP) is 0.859. The number of hydrogen-bond acceptors (Lipinski definition) is 2. The van der Waals surface area contributed by atoms with E-state index in [2.05, 4.69) is 9.98 Å². The summed E-state index contributed by atoms with van der Waals surface area (Å²) in [4.78, 5) is 8.02. The number of nitrogens with zero attached hydrogens (tertiary/aromatic N) is 3. The Morgan fingerprint density at radius 2 is 2.40 bits per heavy atom. The average Bonchev–Trinajstić information content (AvgIpc) is 2.34. The third kappa shape index (κ3) is 1.07. The fourth-order valence-corrected chi connectivity index (χ4v) is 0.820. The van der Waals surface area contributed by atoms with Crippen LogP contribution < -0.4 is 0 Å². The molecule has 0 fully saturated rings. The van der Waals surface area contributed by atoms with Gasteiger partial charge < -0.3 is 4.57 Å². The first-order chi connectivity index (χ1) is 4.75. The molecule has 3 heteroatoms. The van der Waals surface area contributed by atoms with Gasteiger partial charge in [-0.2, -0.15) is 0 Å². The van der Waals surface area contributed by atoms with Gasteiger partial charge in [0.25, 0.3) is 0 Å². The van der Waals surface area contributed by atoms with Crippen molar-refractivity contribution in [1.29, 1.82) is 0 Å². The summed E-state index contributed by atoms with van der Waals surface area (Å²) in [5.41, 5.74) is 2.09. The van der Waals surface area contributed by atoms with Crippen LogP contribution in [0.4, 0.5) is 0 Å². The summed E-state index contributed by atoms with van der Waals surface area (Å²) in [6.07, 6.45) is 3.58. The maximum Gasteiger partial charge on any atom is 0.0948 e. The Balaban J connectivity index is 3.05. The van der Waals surface area contributed by atoms with Crippen LogP contribution in [-0.2, 0) is 7.05 Å². The fourth-order valence-electron chi connectivity index (χ4n) is 0.820. The van der Waals surface area contributed by atoms with E-state index in [0.717, 1.165) is 11.4 Å². The van der Waals surface area contributed by atoms with Crippen molar-refractivity contribution in [3.05, 3.63) is 18.2 Å². The largest absolute Gasteiger partial charge is 0.333 e. The van der Waals surface area contributed by atoms with Gasteiger partial charge in [0.1, 0.15) is 0 Å². The van der Waals surface area contributed by atoms with Crippen LogP contribution in [0.2, 0.25) is 0 Å². The fraction of sp³-hybridized carbons (Fsp3) is 0.429. The van der Waals surface area contributed by atoms with Gasteiger partial charge in [-0.1, -0.05) is 0 Å². The number of aromatic nitrogens is 2. The lowest BCUT2D eigenvalue weighted by Gasteiger charge is -1.97. The van der Waals surface area contributed by atoms with Crippen LogP contribution in [0.1, 0.15) is 12.6 Å². The molecule has 54 valence electrons. The van der Waals surface area contributed by atoms with Gasteiger partial charge in [0.2, 0.25) is 0 Å². The molecule has 0 spiro atoms. The maximum atomic E-state index is 4.05. The van der Waals surface area contributed by atoms with Crippen LogP contribution in [-0.4, -0.2) is 22.3 Å². The highest BCUT2D eigenvalue weighted by Gasteiger charge is 1.98. The molecule has 1 aromatic heterocycles. The Morgan fingerprint density at radius 3 is 2.80 bits per heavy atom. The van der Waals surface area contributed by atoms with Gasteiger partial charge in [0.15, 0.2) is 0 Å². The van der Waals surface area contributed by atoms with Crippen LogP contribution in [0.15, 0.2) is 17.5 Å². The predicted molar refractivity (Wildman–Crippen MR) is 41.3 cm³/mol. The van der Waals surface area contributed by atoms with Crippen molar-refractivity contribution in [3.8, 4) is 0 Å². The van der Waals surface area contributed by atoms with Gasteiger partial charge in [-0.25, -0.2) is 4.98 Å². The smallest absolute Gasteiger partial charge is 0.0948 e. The molecule has 0 aliphatic carbocycles. The molecule has 0 saturated carbocycles. The van der Waals surface area contributed by atoms with Gasteiger partial charge in [-0.3, -0.25) is 4.99 Å². The van der Waals surface area contributed by atoms with E-state index >= 15 is 0 Å². The van der Waals surface area contributed by atoms with Crippen molar-refractivity contribution in [3.63, 3.8) is 0 Å². The van der Waals surface area contributed by atoms with Crippen LogP contribution in [0.25, 0.3) is 0 Å². The summed E-state index contributed by atoms with van der Waals surface area (Å²) in [6, 6.07) is 0. The lowest BCUT2D eigenvalue weighted by molar-refractivity contribution is 0.900. The van der Waals surface area contributed by atoms with Gasteiger partial charge >= 0.3 is 0 Å². The molecule has 0 saturated heterocycles. The molecule has 0 N–H and O–H groups in total. The summed E-state index contributed by atoms with van der Waals surface area (Å²) in [5.74, 6) is 0. The molecule has 10 heavy (non-hydrogen) atoms. The SMILES string of the molecule is CN=C(C)c1cncn1C. The third-order valence-electron chi connectivity index (χ3n) is 1.52. The van der Waals surface area contributed by atoms with Crippen molar-refractivity contribution in [2.45, 2.75) is 6.92 Å². The Hall–Kier alpha value is -1.12. The average molecular weight is 137 g/mol. The van der Waals surface area contributed by atoms with Crippen molar-refractivity contribution in [2.24, 2.45) is 12.0 Å². The molecule has 0 aliphatic heterocycles. The Morgan fingerprint density at radius 1 is 1.70 bits per heavy atom. The van der Waals surface area contributed by atoms with Crippen molar-refractivity contribution < 1.29 is 0 Å². The standard InChI is InChI=1S/C7H11N3/c1-6(8-2)7-4-9-5-10(7)3/h4-5H,1-3H3. The molecule has 1 heterocycles. The minimum Gasteiger partial charge on any atom is -0.333 e. The summed E-state index contributed by atoms with van der Waals surface area (Å²) in [6.45, 7) is 1.97. The van der Waals surface area contributed by atoms with E-state index in [9.17, 15) is 0 Å². The van der Waals surface area contributed by atoms with Gasteiger partial charge in [0, 0.05) is 14.1 Å². The zero-order valence-corrected chi connectivity index (χ0v) is 6.50. The van der Waals surface area contributed by atoms with Gasteiger partial charge in [-0.15, -0.1) is 0 Å². The molecule has 0 bridgehead atoms. The molecule has 0 amide bonds. The monoisotopic (exact) mass is 137 g/mol. The number of imidazole rings is 1. The highest BCUT2D eigenvalue weighted by atomic mass is 15.0. The first-order valence-electron chi connectivity index (χ1n) is 3.15. The minimum atomic E-state index is 1.01. The summed E-state index contributed by atoms with van der Waals surface area (Å²) >= 11 is 0. The number of hydrogen-bond donors (Lipinski definition) is 0. The van der Waals surface area contributed by atoms with Crippen LogP contribution >= 0.6 is 0 Å². The molecule has 0 unspecified atom stereocenters. The molecule has 1 rings (SSSR count). The topological polar surface area (TPSA) is 30.2 Å². The van der Waals surface area contributed by atoms with E-state index in [4.69, 9.17) is 0 Å². The number of aliphatic imine (C=N–C) groups is 1. The van der Waals surface area contributed by atoms with Gasteiger partial charge in [0.05, 0.1) is 23.9 Å². The summed E-state index contributed by atoms with van der Waals surface area (Å²) < 4.78 is 1.95. The van der Waals surface area contributed by atoms with Crippen LogP contribution in [0.5, 0.6) is 0 Å².